The predicted molar refractivity (Wildman–Crippen MR) is 71.5 cm³/mol. The maximum absolute atomic E-state index is 11.9. The van der Waals surface area contributed by atoms with E-state index in [-0.39, 0.29) is 6.61 Å². The molecular formula is C13H15F2N3O. The quantitative estimate of drug-likeness (QED) is 0.623. The summed E-state index contributed by atoms with van der Waals surface area (Å²) in [6.07, 6.45) is 0.980. The van der Waals surface area contributed by atoms with Crippen LogP contribution >= 0.6 is 0 Å². The Labute approximate surface area is 109 Å². The van der Waals surface area contributed by atoms with Gasteiger partial charge in [0.1, 0.15) is 6.61 Å². The smallest absolute Gasteiger partial charge is 0.261 e. The van der Waals surface area contributed by atoms with Gasteiger partial charge in [-0.1, -0.05) is 6.07 Å². The second-order valence-corrected chi connectivity index (χ2v) is 4.02. The van der Waals surface area contributed by atoms with Crippen molar-refractivity contribution in [2.45, 2.75) is 6.43 Å². The molecular weight excluding hydrogens is 252 g/mol. The number of nitrogens with one attached hydrogen (secondary N) is 1. The van der Waals surface area contributed by atoms with Crippen molar-refractivity contribution in [3.8, 4) is 0 Å². The van der Waals surface area contributed by atoms with Gasteiger partial charge in [-0.25, -0.2) is 8.78 Å². The molecule has 102 valence electrons. The molecule has 0 spiro atoms. The molecule has 0 aliphatic carbocycles. The summed E-state index contributed by atoms with van der Waals surface area (Å²) >= 11 is 0. The molecule has 4 nitrogen and oxygen atoms in total. The van der Waals surface area contributed by atoms with Gasteiger partial charge in [-0.3, -0.25) is 4.98 Å². The van der Waals surface area contributed by atoms with Crippen LogP contribution in [0.5, 0.6) is 0 Å². The maximum Gasteiger partial charge on any atom is 0.261 e. The van der Waals surface area contributed by atoms with Gasteiger partial charge in [0.2, 0.25) is 0 Å². The number of nitrogens with zero attached hydrogens (tertiary/aromatic N) is 1. The van der Waals surface area contributed by atoms with Gasteiger partial charge >= 0.3 is 0 Å². The Morgan fingerprint density at radius 2 is 2.16 bits per heavy atom. The summed E-state index contributed by atoms with van der Waals surface area (Å²) in [6.45, 7) is 0.0895. The highest BCUT2D eigenvalue weighted by Crippen LogP contribution is 2.27. The van der Waals surface area contributed by atoms with Crippen LogP contribution in [0, 0.1) is 0 Å². The molecule has 0 bridgehead atoms. The molecule has 0 saturated heterocycles. The Bertz CT molecular complexity index is 548. The molecule has 0 saturated carbocycles. The summed E-state index contributed by atoms with van der Waals surface area (Å²) in [7, 11) is 0. The standard InChI is InChI=1S/C13H15F2N3O/c14-12(15)8-19-6-5-18-11-2-1-9-7-17-4-3-10(9)13(11)16/h1-4,7,12,18H,5-6,8,16H2. The molecule has 0 amide bonds. The van der Waals surface area contributed by atoms with Crippen molar-refractivity contribution in [1.29, 1.82) is 0 Å². The summed E-state index contributed by atoms with van der Waals surface area (Å²) < 4.78 is 28.5. The minimum atomic E-state index is -2.43. The first-order valence-corrected chi connectivity index (χ1v) is 5.90. The fourth-order valence-corrected chi connectivity index (χ4v) is 1.78. The number of hydrogen-bond acceptors (Lipinski definition) is 4. The summed E-state index contributed by atoms with van der Waals surface area (Å²) in [6, 6.07) is 5.58. The van der Waals surface area contributed by atoms with Crippen LogP contribution in [0.2, 0.25) is 0 Å². The van der Waals surface area contributed by atoms with Gasteiger partial charge in [0, 0.05) is 29.7 Å². The number of nitrogen functional groups attached to an aromatic ring is 1. The second kappa shape index (κ2) is 6.29. The minimum Gasteiger partial charge on any atom is -0.397 e. The van der Waals surface area contributed by atoms with Crippen molar-refractivity contribution in [2.24, 2.45) is 0 Å². The highest BCUT2D eigenvalue weighted by Gasteiger charge is 2.04. The van der Waals surface area contributed by atoms with Crippen LogP contribution in [0.1, 0.15) is 0 Å². The van der Waals surface area contributed by atoms with Crippen molar-refractivity contribution in [3.63, 3.8) is 0 Å². The van der Waals surface area contributed by atoms with Gasteiger partial charge in [0.25, 0.3) is 6.43 Å². The first kappa shape index (κ1) is 13.5. The van der Waals surface area contributed by atoms with E-state index in [1.54, 1.807) is 12.4 Å². The normalized spacial score (nSPS) is 11.1. The Hall–Kier alpha value is -1.95. The molecule has 1 heterocycles. The molecule has 0 unspecified atom stereocenters. The van der Waals surface area contributed by atoms with Crippen molar-refractivity contribution in [1.82, 2.24) is 4.98 Å². The average Bonchev–Trinajstić information content (AvgIpc) is 2.41. The molecule has 0 aliphatic rings. The van der Waals surface area contributed by atoms with Gasteiger partial charge in [0.05, 0.1) is 18.0 Å². The highest BCUT2D eigenvalue weighted by molar-refractivity contribution is 5.98. The van der Waals surface area contributed by atoms with E-state index in [1.807, 2.05) is 18.2 Å². The largest absolute Gasteiger partial charge is 0.397 e. The van der Waals surface area contributed by atoms with Gasteiger partial charge in [-0.05, 0) is 12.1 Å². The number of rotatable bonds is 6. The van der Waals surface area contributed by atoms with Crippen LogP contribution < -0.4 is 11.1 Å². The van der Waals surface area contributed by atoms with E-state index >= 15 is 0 Å². The van der Waals surface area contributed by atoms with E-state index in [2.05, 4.69) is 10.3 Å². The van der Waals surface area contributed by atoms with Crippen molar-refractivity contribution in [2.75, 3.05) is 30.8 Å². The third-order valence-electron chi connectivity index (χ3n) is 2.67. The average molecular weight is 267 g/mol. The van der Waals surface area contributed by atoms with E-state index in [4.69, 9.17) is 10.5 Å². The van der Waals surface area contributed by atoms with Crippen molar-refractivity contribution >= 4 is 22.1 Å². The zero-order valence-electron chi connectivity index (χ0n) is 10.3. The summed E-state index contributed by atoms with van der Waals surface area (Å²) in [5.74, 6) is 0. The molecule has 1 aromatic carbocycles. The minimum absolute atomic E-state index is 0.207. The number of aromatic nitrogens is 1. The van der Waals surface area contributed by atoms with Crippen LogP contribution in [-0.2, 0) is 4.74 Å². The lowest BCUT2D eigenvalue weighted by Gasteiger charge is -2.11. The van der Waals surface area contributed by atoms with Gasteiger partial charge < -0.3 is 15.8 Å². The van der Waals surface area contributed by atoms with E-state index < -0.39 is 13.0 Å². The summed E-state index contributed by atoms with van der Waals surface area (Å²) in [5.41, 5.74) is 7.41. The highest BCUT2D eigenvalue weighted by atomic mass is 19.3. The first-order valence-electron chi connectivity index (χ1n) is 5.90. The number of halogens is 2. The van der Waals surface area contributed by atoms with E-state index in [9.17, 15) is 8.78 Å². The number of fused-ring (bicyclic) bond motifs is 1. The molecule has 2 rings (SSSR count). The lowest BCUT2D eigenvalue weighted by atomic mass is 10.1. The van der Waals surface area contributed by atoms with Gasteiger partial charge in [0.15, 0.2) is 0 Å². The monoisotopic (exact) mass is 267 g/mol. The number of pyridine rings is 1. The van der Waals surface area contributed by atoms with E-state index in [1.165, 1.54) is 0 Å². The fourth-order valence-electron chi connectivity index (χ4n) is 1.78. The molecule has 19 heavy (non-hydrogen) atoms. The van der Waals surface area contributed by atoms with Crippen molar-refractivity contribution < 1.29 is 13.5 Å². The number of nitrogens with two attached hydrogens (primary N) is 1. The zero-order chi connectivity index (χ0) is 13.7. The number of alkyl halides is 2. The first-order chi connectivity index (χ1) is 9.18. The molecule has 3 N–H and O–H groups in total. The molecule has 6 heteroatoms. The summed E-state index contributed by atoms with van der Waals surface area (Å²) in [5, 5.41) is 4.93. The third-order valence-corrected chi connectivity index (χ3v) is 2.67. The lowest BCUT2D eigenvalue weighted by molar-refractivity contribution is 0.0215. The Morgan fingerprint density at radius 3 is 2.95 bits per heavy atom. The predicted octanol–water partition coefficient (Wildman–Crippen LogP) is 2.51. The SMILES string of the molecule is Nc1c(NCCOCC(F)F)ccc2cnccc12. The van der Waals surface area contributed by atoms with Crippen molar-refractivity contribution in [3.05, 3.63) is 30.6 Å². The molecule has 0 aliphatic heterocycles. The second-order valence-electron chi connectivity index (χ2n) is 4.02. The number of ether oxygens (including phenoxy) is 1. The molecule has 0 fully saturated rings. The lowest BCUT2D eigenvalue weighted by Crippen LogP contribution is -2.13. The van der Waals surface area contributed by atoms with E-state index in [0.29, 0.717) is 12.2 Å². The third kappa shape index (κ3) is 3.51. The Balaban J connectivity index is 1.96. The summed E-state index contributed by atoms with van der Waals surface area (Å²) in [4.78, 5) is 4.02. The van der Waals surface area contributed by atoms with Crippen LogP contribution in [-0.4, -0.2) is 31.2 Å². The molecule has 2 aromatic rings. The number of anilines is 2. The molecule has 1 aromatic heterocycles. The fraction of sp³-hybridized carbons (Fsp3) is 0.308. The Kier molecular flexibility index (Phi) is 4.46. The maximum atomic E-state index is 11.9. The topological polar surface area (TPSA) is 60.2 Å². The molecule has 0 atom stereocenters. The number of hydrogen-bond donors (Lipinski definition) is 2. The van der Waals surface area contributed by atoms with Gasteiger partial charge in [-0.15, -0.1) is 0 Å². The zero-order valence-corrected chi connectivity index (χ0v) is 10.3. The van der Waals surface area contributed by atoms with Crippen LogP contribution in [0.3, 0.4) is 0 Å². The number of benzene rings is 1. The van der Waals surface area contributed by atoms with E-state index in [0.717, 1.165) is 16.5 Å². The van der Waals surface area contributed by atoms with Crippen LogP contribution in [0.4, 0.5) is 20.2 Å². The Morgan fingerprint density at radius 1 is 1.32 bits per heavy atom. The van der Waals surface area contributed by atoms with Gasteiger partial charge in [-0.2, -0.15) is 0 Å². The van der Waals surface area contributed by atoms with Crippen LogP contribution in [0.25, 0.3) is 10.8 Å². The van der Waals surface area contributed by atoms with Crippen LogP contribution in [0.15, 0.2) is 30.6 Å². The molecule has 0 radical (unpaired) electrons.